The van der Waals surface area contributed by atoms with Gasteiger partial charge in [-0.05, 0) is 49.2 Å². The van der Waals surface area contributed by atoms with Crippen LogP contribution in [0.5, 0.6) is 0 Å². The lowest BCUT2D eigenvalue weighted by Crippen LogP contribution is -2.51. The number of H-pyrrole nitrogens is 1. The van der Waals surface area contributed by atoms with E-state index < -0.39 is 5.97 Å². The van der Waals surface area contributed by atoms with Gasteiger partial charge in [-0.2, -0.15) is 5.10 Å². The number of aromatic nitrogens is 2. The smallest absolute Gasteiger partial charge is 0.317 e. The van der Waals surface area contributed by atoms with Crippen molar-refractivity contribution in [3.05, 3.63) is 51.4 Å². The lowest BCUT2D eigenvalue weighted by Gasteiger charge is -2.34. The molecule has 1 aliphatic heterocycles. The number of thiocarbonyl (C=S) groups is 1. The van der Waals surface area contributed by atoms with Gasteiger partial charge < -0.3 is 10.0 Å². The number of hydrogen-bond donors (Lipinski definition) is 3. The number of aryl methyl sites for hydroxylation is 1. The first-order chi connectivity index (χ1) is 15.5. The van der Waals surface area contributed by atoms with E-state index in [-0.39, 0.29) is 17.5 Å². The molecule has 0 bridgehead atoms. The summed E-state index contributed by atoms with van der Waals surface area (Å²) in [6.07, 6.45) is 0. The van der Waals surface area contributed by atoms with Crippen LogP contribution >= 0.6 is 12.2 Å². The molecule has 0 unspecified atom stereocenters. The summed E-state index contributed by atoms with van der Waals surface area (Å²) in [4.78, 5) is 27.8. The number of benzene rings is 1. The van der Waals surface area contributed by atoms with Gasteiger partial charge in [0.25, 0.3) is 5.56 Å². The van der Waals surface area contributed by atoms with Gasteiger partial charge in [0.15, 0.2) is 5.11 Å². The molecule has 1 fully saturated rings. The number of hydrogen-bond acceptors (Lipinski definition) is 5. The van der Waals surface area contributed by atoms with Crippen molar-refractivity contribution in [1.82, 2.24) is 25.0 Å². The van der Waals surface area contributed by atoms with E-state index in [2.05, 4.69) is 36.4 Å². The fourth-order valence-corrected chi connectivity index (χ4v) is 4.05. The standard InChI is InChI=1S/C23H32N6O3S/c1-15(24-25-22(33)28-12-10-27(11-13-28)14-19(30)31)20-16(2)26-29(21(20)32)18-8-6-17(7-9-18)23(3,4)5/h6-9,26H,10-14H2,1-5H3,(H,25,33)(H,30,31)/b24-15+. The normalized spacial score (nSPS) is 15.5. The lowest BCUT2D eigenvalue weighted by molar-refractivity contribution is -0.138. The van der Waals surface area contributed by atoms with Gasteiger partial charge >= 0.3 is 5.97 Å². The Morgan fingerprint density at radius 1 is 1.18 bits per heavy atom. The van der Waals surface area contributed by atoms with Crippen LogP contribution in [0.25, 0.3) is 5.69 Å². The number of hydrazone groups is 1. The maximum atomic E-state index is 13.1. The molecule has 1 aromatic carbocycles. The lowest BCUT2D eigenvalue weighted by atomic mass is 9.87. The highest BCUT2D eigenvalue weighted by Crippen LogP contribution is 2.23. The molecule has 10 heteroatoms. The van der Waals surface area contributed by atoms with E-state index in [1.807, 2.05) is 41.0 Å². The van der Waals surface area contributed by atoms with Crippen LogP contribution in [0.15, 0.2) is 34.2 Å². The quantitative estimate of drug-likeness (QED) is 0.348. The van der Waals surface area contributed by atoms with Crippen molar-refractivity contribution in [2.75, 3.05) is 32.7 Å². The molecule has 0 spiro atoms. The molecular weight excluding hydrogens is 440 g/mol. The van der Waals surface area contributed by atoms with Gasteiger partial charge in [-0.3, -0.25) is 25.0 Å². The topological polar surface area (TPSA) is 106 Å². The van der Waals surface area contributed by atoms with Crippen molar-refractivity contribution in [3.8, 4) is 5.69 Å². The molecule has 3 N–H and O–H groups in total. The molecule has 0 aliphatic carbocycles. The summed E-state index contributed by atoms with van der Waals surface area (Å²) in [5, 5.41) is 16.9. The van der Waals surface area contributed by atoms with Crippen molar-refractivity contribution in [3.63, 3.8) is 0 Å². The van der Waals surface area contributed by atoms with E-state index in [4.69, 9.17) is 17.3 Å². The summed E-state index contributed by atoms with van der Waals surface area (Å²) in [7, 11) is 0. The van der Waals surface area contributed by atoms with Crippen LogP contribution in [0.1, 0.15) is 44.5 Å². The number of rotatable bonds is 5. The maximum Gasteiger partial charge on any atom is 0.317 e. The molecule has 0 atom stereocenters. The molecule has 1 aliphatic rings. The van der Waals surface area contributed by atoms with E-state index in [0.717, 1.165) is 11.4 Å². The first kappa shape index (κ1) is 24.7. The number of carboxylic acids is 1. The zero-order valence-corrected chi connectivity index (χ0v) is 20.6. The second-order valence-corrected chi connectivity index (χ2v) is 9.71. The number of aliphatic carboxylic acids is 1. The fourth-order valence-electron chi connectivity index (χ4n) is 3.82. The summed E-state index contributed by atoms with van der Waals surface area (Å²) in [5.74, 6) is -0.831. The molecular formula is C23H32N6O3S. The average molecular weight is 473 g/mol. The van der Waals surface area contributed by atoms with Crippen LogP contribution in [-0.4, -0.2) is 74.2 Å². The molecule has 2 heterocycles. The van der Waals surface area contributed by atoms with Gasteiger partial charge in [-0.15, -0.1) is 0 Å². The highest BCUT2D eigenvalue weighted by molar-refractivity contribution is 7.80. The minimum absolute atomic E-state index is 0.0310. The number of carbonyl (C=O) groups is 1. The van der Waals surface area contributed by atoms with Crippen LogP contribution in [0.2, 0.25) is 0 Å². The Bertz CT molecular complexity index is 1100. The van der Waals surface area contributed by atoms with Gasteiger partial charge in [0.1, 0.15) is 0 Å². The third-order valence-electron chi connectivity index (χ3n) is 5.76. The van der Waals surface area contributed by atoms with E-state index in [1.54, 1.807) is 6.92 Å². The van der Waals surface area contributed by atoms with Crippen LogP contribution in [0.3, 0.4) is 0 Å². The average Bonchev–Trinajstić information content (AvgIpc) is 3.05. The van der Waals surface area contributed by atoms with Gasteiger partial charge in [-0.25, -0.2) is 4.68 Å². The predicted octanol–water partition coefficient (Wildman–Crippen LogP) is 2.07. The fraction of sp³-hybridized carbons (Fsp3) is 0.478. The molecule has 9 nitrogen and oxygen atoms in total. The van der Waals surface area contributed by atoms with Crippen molar-refractivity contribution in [1.29, 1.82) is 0 Å². The zero-order chi connectivity index (χ0) is 24.3. The number of piperazine rings is 1. The first-order valence-corrected chi connectivity index (χ1v) is 11.3. The highest BCUT2D eigenvalue weighted by Gasteiger charge is 2.21. The van der Waals surface area contributed by atoms with Crippen LogP contribution < -0.4 is 11.0 Å². The monoisotopic (exact) mass is 472 g/mol. The van der Waals surface area contributed by atoms with E-state index >= 15 is 0 Å². The summed E-state index contributed by atoms with van der Waals surface area (Å²) in [5.41, 5.74) is 6.45. The zero-order valence-electron chi connectivity index (χ0n) is 19.8. The summed E-state index contributed by atoms with van der Waals surface area (Å²) >= 11 is 5.44. The molecule has 3 rings (SSSR count). The number of nitrogens with zero attached hydrogens (tertiary/aromatic N) is 4. The second-order valence-electron chi connectivity index (χ2n) is 9.32. The molecule has 2 aromatic rings. The van der Waals surface area contributed by atoms with Crippen LogP contribution in [0.4, 0.5) is 0 Å². The minimum atomic E-state index is -0.831. The molecule has 1 saturated heterocycles. The van der Waals surface area contributed by atoms with Crippen LogP contribution in [0, 0.1) is 6.92 Å². The molecule has 0 saturated carbocycles. The Hall–Kier alpha value is -2.98. The van der Waals surface area contributed by atoms with Crippen molar-refractivity contribution in [2.45, 2.75) is 40.0 Å². The number of carboxylic acid groups (broad SMARTS) is 1. The van der Waals surface area contributed by atoms with E-state index in [0.29, 0.717) is 42.6 Å². The van der Waals surface area contributed by atoms with E-state index in [1.165, 1.54) is 10.2 Å². The van der Waals surface area contributed by atoms with Gasteiger partial charge in [0.2, 0.25) is 0 Å². The van der Waals surface area contributed by atoms with Gasteiger partial charge in [0, 0.05) is 31.9 Å². The molecule has 1 aromatic heterocycles. The summed E-state index contributed by atoms with van der Waals surface area (Å²) in [6, 6.07) is 7.95. The number of aromatic amines is 1. The SMILES string of the molecule is C/C(=N\NC(=S)N1CCN(CC(=O)O)CC1)c1c(C)[nH]n(-c2ccc(C(C)(C)C)cc2)c1=O. The van der Waals surface area contributed by atoms with Gasteiger partial charge in [0.05, 0.1) is 23.5 Å². The number of nitrogens with one attached hydrogen (secondary N) is 2. The van der Waals surface area contributed by atoms with Crippen LogP contribution in [-0.2, 0) is 10.2 Å². The van der Waals surface area contributed by atoms with Crippen molar-refractivity contribution < 1.29 is 9.90 Å². The molecule has 178 valence electrons. The summed E-state index contributed by atoms with van der Waals surface area (Å²) in [6.45, 7) is 12.6. The Balaban J connectivity index is 1.70. The van der Waals surface area contributed by atoms with E-state index in [9.17, 15) is 9.59 Å². The Labute approximate surface area is 199 Å². The first-order valence-electron chi connectivity index (χ1n) is 10.9. The molecule has 33 heavy (non-hydrogen) atoms. The van der Waals surface area contributed by atoms with Crippen molar-refractivity contribution in [2.24, 2.45) is 5.10 Å². The second kappa shape index (κ2) is 9.88. The third-order valence-corrected chi connectivity index (χ3v) is 6.11. The molecule has 0 amide bonds. The summed E-state index contributed by atoms with van der Waals surface area (Å²) < 4.78 is 1.52. The predicted molar refractivity (Wildman–Crippen MR) is 133 cm³/mol. The highest BCUT2D eigenvalue weighted by atomic mass is 32.1. The van der Waals surface area contributed by atoms with Gasteiger partial charge in [-0.1, -0.05) is 32.9 Å². The van der Waals surface area contributed by atoms with Crippen molar-refractivity contribution >= 4 is 29.0 Å². The largest absolute Gasteiger partial charge is 0.480 e. The Kier molecular flexibility index (Phi) is 7.38. The minimum Gasteiger partial charge on any atom is -0.480 e. The Morgan fingerprint density at radius 3 is 2.33 bits per heavy atom. The maximum absolute atomic E-state index is 13.1. The Morgan fingerprint density at radius 2 is 1.79 bits per heavy atom. The third kappa shape index (κ3) is 5.88. The molecule has 0 radical (unpaired) electrons.